The lowest BCUT2D eigenvalue weighted by Crippen LogP contribution is -2.66. The fourth-order valence-corrected chi connectivity index (χ4v) is 7.56. The van der Waals surface area contributed by atoms with Crippen LogP contribution in [-0.2, 0) is 10.0 Å². The van der Waals surface area contributed by atoms with Gasteiger partial charge in [0.2, 0.25) is 10.0 Å². The van der Waals surface area contributed by atoms with E-state index in [2.05, 4.69) is 6.19 Å². The highest BCUT2D eigenvalue weighted by Gasteiger charge is 2.61. The number of amidine groups is 1. The molecule has 4 aliphatic carbocycles. The highest BCUT2D eigenvalue weighted by atomic mass is 32.2. The van der Waals surface area contributed by atoms with Gasteiger partial charge >= 0.3 is 0 Å². The molecule has 0 radical (unpaired) electrons. The van der Waals surface area contributed by atoms with Gasteiger partial charge in [-0.1, -0.05) is 17.7 Å². The summed E-state index contributed by atoms with van der Waals surface area (Å²) >= 11 is 0. The van der Waals surface area contributed by atoms with E-state index in [0.29, 0.717) is 30.9 Å². The first-order valence-electron chi connectivity index (χ1n) is 10.5. The summed E-state index contributed by atoms with van der Waals surface area (Å²) in [6, 6.07) is 7.44. The van der Waals surface area contributed by atoms with E-state index in [0.717, 1.165) is 18.4 Å². The van der Waals surface area contributed by atoms with Crippen LogP contribution in [0.2, 0.25) is 0 Å². The van der Waals surface area contributed by atoms with Crippen molar-refractivity contribution >= 4 is 15.9 Å². The van der Waals surface area contributed by atoms with Crippen molar-refractivity contribution in [3.8, 4) is 11.9 Å². The van der Waals surface area contributed by atoms with Crippen LogP contribution in [0.1, 0.15) is 51.5 Å². The molecule has 5 rings (SSSR count). The maximum atomic E-state index is 12.4. The predicted molar refractivity (Wildman–Crippen MR) is 114 cm³/mol. The van der Waals surface area contributed by atoms with Gasteiger partial charge in [-0.15, -0.1) is 0 Å². The predicted octanol–water partition coefficient (Wildman–Crippen LogP) is 3.15. The number of nitrogens with zero attached hydrogens (tertiary/aromatic N) is 2. The Bertz CT molecular complexity index is 980. The van der Waals surface area contributed by atoms with Crippen molar-refractivity contribution in [3.63, 3.8) is 0 Å². The second-order valence-electron chi connectivity index (χ2n) is 9.93. The molecule has 1 aromatic carbocycles. The second-order valence-corrected chi connectivity index (χ2v) is 11.9. The van der Waals surface area contributed by atoms with Crippen LogP contribution in [0.25, 0.3) is 0 Å². The number of nitrogens with one attached hydrogen (secondary N) is 1. The summed E-state index contributed by atoms with van der Waals surface area (Å²) in [5, 5.41) is 24.5. The number of rotatable bonds is 5. The molecule has 7 nitrogen and oxygen atoms in total. The monoisotopic (exact) mass is 430 g/mol. The van der Waals surface area contributed by atoms with Crippen LogP contribution in [0.3, 0.4) is 0 Å². The van der Waals surface area contributed by atoms with E-state index in [4.69, 9.17) is 15.3 Å². The number of sulfonamides is 1. The molecule has 0 saturated heterocycles. The number of hydrogen-bond acceptors (Lipinski definition) is 5. The van der Waals surface area contributed by atoms with E-state index in [9.17, 15) is 13.7 Å². The first-order chi connectivity index (χ1) is 14.0. The van der Waals surface area contributed by atoms with Crippen molar-refractivity contribution in [2.75, 3.05) is 0 Å². The molecule has 30 heavy (non-hydrogen) atoms. The van der Waals surface area contributed by atoms with Gasteiger partial charge in [0.1, 0.15) is 5.75 Å². The third-order valence-corrected chi connectivity index (χ3v) is 9.09. The van der Waals surface area contributed by atoms with Crippen LogP contribution in [0.5, 0.6) is 5.75 Å². The summed E-state index contributed by atoms with van der Waals surface area (Å²) in [7, 11) is -3.65. The van der Waals surface area contributed by atoms with E-state index in [1.54, 1.807) is 13.8 Å². The maximum Gasteiger partial charge on any atom is 0.214 e. The Balaban J connectivity index is 1.58. The Morgan fingerprint density at radius 2 is 1.80 bits per heavy atom. The van der Waals surface area contributed by atoms with Crippen molar-refractivity contribution in [1.29, 1.82) is 10.7 Å². The van der Waals surface area contributed by atoms with Gasteiger partial charge in [0.05, 0.1) is 10.8 Å². The standard InChI is InChI=1S/C22H30N4O3S/c1-14-4-6-18(7-5-14)29-21(2,3)20(24)26(13-23)19-16-8-15-9-17(19)12-22(10-15,11-16)30(25,27)28/h4-7,15-17,19,24H,8-12H2,1-3H3,(H2,25,27,28). The number of primary sulfonamides is 1. The van der Waals surface area contributed by atoms with Crippen molar-refractivity contribution in [1.82, 2.24) is 4.90 Å². The Morgan fingerprint density at radius 1 is 1.23 bits per heavy atom. The summed E-state index contributed by atoms with van der Waals surface area (Å²) < 4.78 is 30.0. The van der Waals surface area contributed by atoms with Gasteiger partial charge in [0, 0.05) is 0 Å². The Labute approximate surface area is 178 Å². The van der Waals surface area contributed by atoms with Crippen LogP contribution in [0.15, 0.2) is 24.3 Å². The van der Waals surface area contributed by atoms with E-state index in [-0.39, 0.29) is 23.7 Å². The van der Waals surface area contributed by atoms with Crippen molar-refractivity contribution in [3.05, 3.63) is 29.8 Å². The Hall–Kier alpha value is -2.11. The maximum absolute atomic E-state index is 12.4. The molecular formula is C22H30N4O3S. The van der Waals surface area contributed by atoms with Crippen LogP contribution in [0.4, 0.5) is 0 Å². The fourth-order valence-electron chi connectivity index (χ4n) is 6.20. The first kappa shape index (κ1) is 21.1. The minimum atomic E-state index is -3.65. The highest BCUT2D eigenvalue weighted by molar-refractivity contribution is 7.90. The molecule has 162 valence electrons. The smallest absolute Gasteiger partial charge is 0.214 e. The average molecular weight is 431 g/mol. The van der Waals surface area contributed by atoms with Crippen molar-refractivity contribution in [2.45, 2.75) is 69.3 Å². The van der Waals surface area contributed by atoms with Gasteiger partial charge in [-0.05, 0) is 82.8 Å². The topological polar surface area (TPSA) is 120 Å². The molecule has 8 heteroatoms. The fraction of sp³-hybridized carbons (Fsp3) is 0.636. The summed E-state index contributed by atoms with van der Waals surface area (Å²) in [4.78, 5) is 1.48. The SMILES string of the molecule is Cc1ccc(OC(C)(C)C(=N)N(C#N)C2C3CC4CC2CC(S(N)(=O)=O)(C4)C3)cc1. The van der Waals surface area contributed by atoms with Gasteiger partial charge in [-0.3, -0.25) is 10.3 Å². The van der Waals surface area contributed by atoms with Gasteiger partial charge < -0.3 is 4.74 Å². The lowest BCUT2D eigenvalue weighted by Gasteiger charge is -2.60. The number of hydrogen-bond donors (Lipinski definition) is 2. The third-order valence-electron chi connectivity index (χ3n) is 7.38. The zero-order chi connectivity index (χ0) is 21.9. The molecule has 2 unspecified atom stereocenters. The third kappa shape index (κ3) is 3.38. The molecule has 0 amide bonds. The highest BCUT2D eigenvalue weighted by Crippen LogP contribution is 2.59. The molecule has 3 N–H and O–H groups in total. The molecule has 4 aliphatic rings. The Kier molecular flexibility index (Phi) is 4.90. The minimum absolute atomic E-state index is 0.0461. The molecule has 0 spiro atoms. The molecule has 4 fully saturated rings. The lowest BCUT2D eigenvalue weighted by atomic mass is 9.53. The second kappa shape index (κ2) is 6.96. The van der Waals surface area contributed by atoms with Gasteiger partial charge in [-0.25, -0.2) is 13.6 Å². The van der Waals surface area contributed by atoms with E-state index in [1.165, 1.54) is 4.90 Å². The molecule has 0 aromatic heterocycles. The number of ether oxygens (including phenoxy) is 1. The van der Waals surface area contributed by atoms with Crippen molar-refractivity contribution in [2.24, 2.45) is 22.9 Å². The summed E-state index contributed by atoms with van der Waals surface area (Å²) in [6.45, 7) is 5.58. The van der Waals surface area contributed by atoms with Gasteiger partial charge in [0.25, 0.3) is 0 Å². The zero-order valence-electron chi connectivity index (χ0n) is 17.8. The quantitative estimate of drug-likeness (QED) is 0.322. The molecule has 0 heterocycles. The number of benzene rings is 1. The Morgan fingerprint density at radius 3 is 2.30 bits per heavy atom. The van der Waals surface area contributed by atoms with E-state index < -0.39 is 20.4 Å². The van der Waals surface area contributed by atoms with Gasteiger partial charge in [0.15, 0.2) is 17.6 Å². The summed E-state index contributed by atoms with van der Waals surface area (Å²) in [5.41, 5.74) is 0.114. The molecule has 2 atom stereocenters. The van der Waals surface area contributed by atoms with Crippen molar-refractivity contribution < 1.29 is 13.2 Å². The zero-order valence-corrected chi connectivity index (χ0v) is 18.6. The van der Waals surface area contributed by atoms with Crippen LogP contribution < -0.4 is 9.88 Å². The summed E-state index contributed by atoms with van der Waals surface area (Å²) in [6.07, 6.45) is 5.61. The van der Waals surface area contributed by atoms with Crippen LogP contribution in [-0.4, -0.2) is 35.5 Å². The molecule has 4 saturated carbocycles. The number of nitrogens with two attached hydrogens (primary N) is 1. The summed E-state index contributed by atoms with van der Waals surface area (Å²) in [5.74, 6) is 1.18. The van der Waals surface area contributed by atoms with Gasteiger partial charge in [-0.2, -0.15) is 5.26 Å². The molecule has 0 aliphatic heterocycles. The van der Waals surface area contributed by atoms with E-state index >= 15 is 0 Å². The lowest BCUT2D eigenvalue weighted by molar-refractivity contribution is -0.0244. The number of aryl methyl sites for hydroxylation is 1. The normalized spacial score (nSPS) is 32.5. The first-order valence-corrected chi connectivity index (χ1v) is 12.1. The largest absolute Gasteiger partial charge is 0.480 e. The molecular weight excluding hydrogens is 400 g/mol. The molecule has 4 bridgehead atoms. The van der Waals surface area contributed by atoms with E-state index in [1.807, 2.05) is 31.2 Å². The van der Waals surface area contributed by atoms with Crippen LogP contribution >= 0.6 is 0 Å². The van der Waals surface area contributed by atoms with Crippen LogP contribution in [0, 0.1) is 41.5 Å². The average Bonchev–Trinajstić information content (AvgIpc) is 2.64. The minimum Gasteiger partial charge on any atom is -0.480 e. The number of nitriles is 1. The molecule has 1 aromatic rings.